The Morgan fingerprint density at radius 2 is 1.81 bits per heavy atom. The standard InChI is InChI=1S/C19H17ClO6/c1-2-25-16-10-13(5-8-17(21)22)9-15(20)18(16)26-11-12-3-6-14(7-4-12)19(23)24/h3-10H,2,11H2,1H3,(H,21,22)(H,23,24). The van der Waals surface area contributed by atoms with Gasteiger partial charge >= 0.3 is 11.9 Å². The van der Waals surface area contributed by atoms with Crippen molar-refractivity contribution in [3.05, 3.63) is 64.2 Å². The summed E-state index contributed by atoms with van der Waals surface area (Å²) < 4.78 is 11.3. The first-order valence-electron chi connectivity index (χ1n) is 7.73. The van der Waals surface area contributed by atoms with Crippen LogP contribution < -0.4 is 9.47 Å². The third-order valence-corrected chi connectivity index (χ3v) is 3.61. The average Bonchev–Trinajstić information content (AvgIpc) is 2.60. The SMILES string of the molecule is CCOc1cc(C=CC(=O)O)cc(Cl)c1OCc1ccc(C(=O)O)cc1. The summed E-state index contributed by atoms with van der Waals surface area (Å²) >= 11 is 6.25. The van der Waals surface area contributed by atoms with Gasteiger partial charge in [-0.25, -0.2) is 9.59 Å². The van der Waals surface area contributed by atoms with Gasteiger partial charge in [0.2, 0.25) is 0 Å². The fraction of sp³-hybridized carbons (Fsp3) is 0.158. The molecule has 0 aliphatic carbocycles. The van der Waals surface area contributed by atoms with E-state index in [1.54, 1.807) is 24.3 Å². The number of carboxylic acids is 2. The minimum absolute atomic E-state index is 0.171. The number of halogens is 1. The minimum atomic E-state index is -1.07. The monoisotopic (exact) mass is 376 g/mol. The lowest BCUT2D eigenvalue weighted by molar-refractivity contribution is -0.131. The molecule has 0 fully saturated rings. The summed E-state index contributed by atoms with van der Waals surface area (Å²) in [5.41, 5.74) is 1.53. The molecule has 0 aliphatic rings. The van der Waals surface area contributed by atoms with Gasteiger partial charge in [-0.2, -0.15) is 0 Å². The average molecular weight is 377 g/mol. The third-order valence-electron chi connectivity index (χ3n) is 3.33. The summed E-state index contributed by atoms with van der Waals surface area (Å²) in [6.07, 6.45) is 2.41. The van der Waals surface area contributed by atoms with Gasteiger partial charge in [-0.05, 0) is 48.4 Å². The molecule has 7 heteroatoms. The molecule has 0 bridgehead atoms. The van der Waals surface area contributed by atoms with Gasteiger partial charge in [0.05, 0.1) is 17.2 Å². The maximum absolute atomic E-state index is 10.9. The lowest BCUT2D eigenvalue weighted by Crippen LogP contribution is -2.02. The minimum Gasteiger partial charge on any atom is -0.490 e. The molecule has 0 radical (unpaired) electrons. The maximum atomic E-state index is 10.9. The summed E-state index contributed by atoms with van der Waals surface area (Å²) in [6, 6.07) is 9.51. The van der Waals surface area contributed by atoms with E-state index in [9.17, 15) is 9.59 Å². The number of hydrogen-bond donors (Lipinski definition) is 2. The Labute approximate surface area is 155 Å². The maximum Gasteiger partial charge on any atom is 0.335 e. The Kier molecular flexibility index (Phi) is 6.63. The predicted molar refractivity (Wildman–Crippen MR) is 97.0 cm³/mol. The van der Waals surface area contributed by atoms with Crippen molar-refractivity contribution >= 4 is 29.6 Å². The summed E-state index contributed by atoms with van der Waals surface area (Å²) in [5.74, 6) is -1.33. The smallest absolute Gasteiger partial charge is 0.335 e. The Bertz CT molecular complexity index is 827. The van der Waals surface area contributed by atoms with E-state index in [-0.39, 0.29) is 17.2 Å². The third kappa shape index (κ3) is 5.26. The summed E-state index contributed by atoms with van der Waals surface area (Å²) in [4.78, 5) is 21.5. The van der Waals surface area contributed by atoms with Crippen molar-refractivity contribution in [2.75, 3.05) is 6.61 Å². The highest BCUT2D eigenvalue weighted by molar-refractivity contribution is 6.32. The van der Waals surface area contributed by atoms with Crippen molar-refractivity contribution in [1.29, 1.82) is 0 Å². The Morgan fingerprint density at radius 1 is 1.12 bits per heavy atom. The molecule has 0 heterocycles. The molecular formula is C19H17ClO6. The van der Waals surface area contributed by atoms with Crippen LogP contribution in [0.25, 0.3) is 6.08 Å². The largest absolute Gasteiger partial charge is 0.490 e. The van der Waals surface area contributed by atoms with Crippen molar-refractivity contribution in [3.63, 3.8) is 0 Å². The predicted octanol–water partition coefficient (Wildman–Crippen LogP) is 4.11. The first-order chi connectivity index (χ1) is 12.4. The van der Waals surface area contributed by atoms with Gasteiger partial charge in [-0.1, -0.05) is 23.7 Å². The van der Waals surface area contributed by atoms with Gasteiger partial charge in [-0.3, -0.25) is 0 Å². The second-order valence-corrected chi connectivity index (χ2v) is 5.63. The van der Waals surface area contributed by atoms with E-state index in [2.05, 4.69) is 0 Å². The second kappa shape index (κ2) is 8.92. The Hall–Kier alpha value is -2.99. The molecule has 26 heavy (non-hydrogen) atoms. The second-order valence-electron chi connectivity index (χ2n) is 5.23. The molecule has 0 spiro atoms. The van der Waals surface area contributed by atoms with Crippen LogP contribution in [0.15, 0.2) is 42.5 Å². The number of aromatic carboxylic acids is 1. The molecule has 2 N–H and O–H groups in total. The number of aliphatic carboxylic acids is 1. The number of rotatable bonds is 8. The zero-order chi connectivity index (χ0) is 19.1. The van der Waals surface area contributed by atoms with Gasteiger partial charge in [0.1, 0.15) is 6.61 Å². The van der Waals surface area contributed by atoms with Crippen molar-refractivity contribution in [3.8, 4) is 11.5 Å². The first kappa shape index (κ1) is 19.3. The number of hydrogen-bond acceptors (Lipinski definition) is 4. The van der Waals surface area contributed by atoms with E-state index >= 15 is 0 Å². The lowest BCUT2D eigenvalue weighted by atomic mass is 10.1. The van der Waals surface area contributed by atoms with Crippen LogP contribution in [0, 0.1) is 0 Å². The summed E-state index contributed by atoms with van der Waals surface area (Å²) in [6.45, 7) is 2.36. The van der Waals surface area contributed by atoms with Crippen LogP contribution in [0.2, 0.25) is 5.02 Å². The molecule has 2 aromatic carbocycles. The van der Waals surface area contributed by atoms with Crippen LogP contribution in [0.4, 0.5) is 0 Å². The quantitative estimate of drug-likeness (QED) is 0.673. The van der Waals surface area contributed by atoms with Crippen LogP contribution in [0.3, 0.4) is 0 Å². The topological polar surface area (TPSA) is 93.1 Å². The van der Waals surface area contributed by atoms with Gasteiger partial charge < -0.3 is 19.7 Å². The van der Waals surface area contributed by atoms with Crippen LogP contribution in [0.1, 0.15) is 28.4 Å². The molecule has 0 saturated carbocycles. The van der Waals surface area contributed by atoms with Crippen LogP contribution in [-0.2, 0) is 11.4 Å². The van der Waals surface area contributed by atoms with E-state index in [0.29, 0.717) is 23.7 Å². The van der Waals surface area contributed by atoms with Gasteiger partial charge in [0.25, 0.3) is 0 Å². The molecule has 2 aromatic rings. The van der Waals surface area contributed by atoms with Crippen molar-refractivity contribution in [2.24, 2.45) is 0 Å². The van der Waals surface area contributed by atoms with Crippen molar-refractivity contribution in [1.82, 2.24) is 0 Å². The zero-order valence-corrected chi connectivity index (χ0v) is 14.7. The first-order valence-corrected chi connectivity index (χ1v) is 8.11. The normalized spacial score (nSPS) is 10.7. The van der Waals surface area contributed by atoms with E-state index in [1.165, 1.54) is 18.2 Å². The zero-order valence-electron chi connectivity index (χ0n) is 13.9. The van der Waals surface area contributed by atoms with Crippen LogP contribution >= 0.6 is 11.6 Å². The molecule has 0 unspecified atom stereocenters. The number of carboxylic acid groups (broad SMARTS) is 2. The molecule has 136 valence electrons. The fourth-order valence-corrected chi connectivity index (χ4v) is 2.43. The van der Waals surface area contributed by atoms with Crippen molar-refractivity contribution < 1.29 is 29.3 Å². The molecule has 0 aliphatic heterocycles. The molecule has 0 amide bonds. The highest BCUT2D eigenvalue weighted by atomic mass is 35.5. The number of benzene rings is 2. The number of carbonyl (C=O) groups is 2. The van der Waals surface area contributed by atoms with Crippen LogP contribution in [-0.4, -0.2) is 28.8 Å². The van der Waals surface area contributed by atoms with E-state index < -0.39 is 11.9 Å². The summed E-state index contributed by atoms with van der Waals surface area (Å²) in [7, 11) is 0. The molecule has 2 rings (SSSR count). The lowest BCUT2D eigenvalue weighted by Gasteiger charge is -2.14. The van der Waals surface area contributed by atoms with Crippen molar-refractivity contribution in [2.45, 2.75) is 13.5 Å². The number of ether oxygens (including phenoxy) is 2. The van der Waals surface area contributed by atoms with Gasteiger partial charge in [0, 0.05) is 6.08 Å². The molecule has 0 aromatic heterocycles. The molecule has 6 nitrogen and oxygen atoms in total. The molecular weight excluding hydrogens is 360 g/mol. The highest BCUT2D eigenvalue weighted by Crippen LogP contribution is 2.37. The molecule has 0 saturated heterocycles. The van der Waals surface area contributed by atoms with E-state index in [1.807, 2.05) is 6.92 Å². The summed E-state index contributed by atoms with van der Waals surface area (Å²) in [5, 5.41) is 17.9. The van der Waals surface area contributed by atoms with Crippen LogP contribution in [0.5, 0.6) is 11.5 Å². The van der Waals surface area contributed by atoms with Gasteiger partial charge in [-0.15, -0.1) is 0 Å². The fourth-order valence-electron chi connectivity index (χ4n) is 2.15. The Morgan fingerprint density at radius 3 is 2.38 bits per heavy atom. The highest BCUT2D eigenvalue weighted by Gasteiger charge is 2.13. The Balaban J connectivity index is 2.21. The van der Waals surface area contributed by atoms with E-state index in [0.717, 1.165) is 11.6 Å². The van der Waals surface area contributed by atoms with Gasteiger partial charge in [0.15, 0.2) is 11.5 Å². The molecule has 0 atom stereocenters. The van der Waals surface area contributed by atoms with E-state index in [4.69, 9.17) is 31.3 Å².